The van der Waals surface area contributed by atoms with Crippen molar-refractivity contribution in [2.24, 2.45) is 5.92 Å². The molecule has 37 heavy (non-hydrogen) atoms. The monoisotopic (exact) mass is 491 g/mol. The van der Waals surface area contributed by atoms with Gasteiger partial charge in [-0.25, -0.2) is 4.98 Å². The van der Waals surface area contributed by atoms with Gasteiger partial charge in [0.15, 0.2) is 0 Å². The zero-order chi connectivity index (χ0) is 24.8. The minimum Gasteiger partial charge on any atom is -0.381 e. The van der Waals surface area contributed by atoms with Gasteiger partial charge >= 0.3 is 0 Å². The molecule has 1 aliphatic carbocycles. The Bertz CT molecular complexity index is 1530. The fourth-order valence-electron chi connectivity index (χ4n) is 5.37. The zero-order valence-corrected chi connectivity index (χ0v) is 20.6. The molecule has 0 atom stereocenters. The Morgan fingerprint density at radius 2 is 1.84 bits per heavy atom. The lowest BCUT2D eigenvalue weighted by Crippen LogP contribution is -2.29. The van der Waals surface area contributed by atoms with Crippen LogP contribution in [0.1, 0.15) is 43.5 Å². The molecule has 2 fully saturated rings. The van der Waals surface area contributed by atoms with Crippen LogP contribution < -0.4 is 15.5 Å². The van der Waals surface area contributed by atoms with Crippen molar-refractivity contribution in [2.75, 3.05) is 35.2 Å². The van der Waals surface area contributed by atoms with Crippen LogP contribution in [-0.4, -0.2) is 45.5 Å². The maximum Gasteiger partial charge on any atom is 0.227 e. The maximum atomic E-state index is 12.2. The molecule has 1 saturated heterocycles. The summed E-state index contributed by atoms with van der Waals surface area (Å²) >= 11 is 0. The van der Waals surface area contributed by atoms with Crippen LogP contribution in [0.5, 0.6) is 0 Å². The molecule has 0 spiro atoms. The lowest BCUT2D eigenvalue weighted by Gasteiger charge is -2.28. The van der Waals surface area contributed by atoms with Crippen LogP contribution in [0.25, 0.3) is 27.7 Å². The second kappa shape index (κ2) is 9.03. The number of benzene rings is 1. The summed E-state index contributed by atoms with van der Waals surface area (Å²) in [5.41, 5.74) is 9.01. The first-order valence-electron chi connectivity index (χ1n) is 13.2. The number of aromatic amines is 1. The number of carbonyl (C=O) groups is 1. The summed E-state index contributed by atoms with van der Waals surface area (Å²) in [6.07, 6.45) is 15.2. The summed E-state index contributed by atoms with van der Waals surface area (Å²) in [7, 11) is 0. The first kappa shape index (κ1) is 22.0. The summed E-state index contributed by atoms with van der Waals surface area (Å²) in [4.78, 5) is 32.2. The zero-order valence-electron chi connectivity index (χ0n) is 20.6. The highest BCUT2D eigenvalue weighted by atomic mass is 16.2. The Morgan fingerprint density at radius 1 is 0.973 bits per heavy atom. The van der Waals surface area contributed by atoms with Gasteiger partial charge in [-0.05, 0) is 55.9 Å². The second-order valence-corrected chi connectivity index (χ2v) is 10.2. The molecule has 186 valence electrons. The number of rotatable bonds is 5. The van der Waals surface area contributed by atoms with Crippen molar-refractivity contribution in [1.29, 1.82) is 0 Å². The predicted octanol–water partition coefficient (Wildman–Crippen LogP) is 5.22. The highest BCUT2D eigenvalue weighted by molar-refractivity contribution is 5.96. The van der Waals surface area contributed by atoms with Crippen LogP contribution in [0, 0.1) is 5.92 Å². The number of anilines is 3. The average molecular weight is 492 g/mol. The molecule has 2 aliphatic heterocycles. The van der Waals surface area contributed by atoms with Crippen LogP contribution in [-0.2, 0) is 4.79 Å². The Labute approximate surface area is 215 Å². The van der Waals surface area contributed by atoms with Crippen molar-refractivity contribution in [3.8, 4) is 11.1 Å². The van der Waals surface area contributed by atoms with E-state index in [1.54, 1.807) is 6.20 Å². The van der Waals surface area contributed by atoms with Gasteiger partial charge in [0, 0.05) is 54.1 Å². The standard InChI is InChI=1S/C29H29N7O/c37-29(18-4-5-18)33-21-12-20(14-30-15-21)19-6-7-24-23(13-19)22(8-9-32-24)28-34-25-16-31-17-26(27(25)35-28)36-10-2-1-3-11-36/h6-8,12-18,32H,1-5,9-11H2,(H,33,37)(H,34,35). The Morgan fingerprint density at radius 3 is 2.70 bits per heavy atom. The van der Waals surface area contributed by atoms with Crippen molar-refractivity contribution < 1.29 is 4.79 Å². The third kappa shape index (κ3) is 4.22. The fourth-order valence-corrected chi connectivity index (χ4v) is 5.37. The summed E-state index contributed by atoms with van der Waals surface area (Å²) in [5.74, 6) is 1.09. The molecule has 8 heteroatoms. The number of imidazole rings is 1. The van der Waals surface area contributed by atoms with Crippen molar-refractivity contribution in [1.82, 2.24) is 19.9 Å². The van der Waals surface area contributed by atoms with Crippen molar-refractivity contribution in [3.63, 3.8) is 0 Å². The fraction of sp³-hybridized carbons (Fsp3) is 0.310. The van der Waals surface area contributed by atoms with Gasteiger partial charge in [-0.1, -0.05) is 12.1 Å². The van der Waals surface area contributed by atoms with Crippen LogP contribution in [0.2, 0.25) is 0 Å². The van der Waals surface area contributed by atoms with Crippen molar-refractivity contribution in [2.45, 2.75) is 32.1 Å². The van der Waals surface area contributed by atoms with Gasteiger partial charge < -0.3 is 20.5 Å². The number of nitrogens with one attached hydrogen (secondary N) is 3. The van der Waals surface area contributed by atoms with E-state index in [1.165, 1.54) is 19.3 Å². The number of hydrogen-bond acceptors (Lipinski definition) is 6. The van der Waals surface area contributed by atoms with Gasteiger partial charge in [-0.2, -0.15) is 0 Å². The number of piperidine rings is 1. The summed E-state index contributed by atoms with van der Waals surface area (Å²) in [6, 6.07) is 8.37. The molecule has 0 unspecified atom stereocenters. The van der Waals surface area contributed by atoms with Crippen LogP contribution >= 0.6 is 0 Å². The van der Waals surface area contributed by atoms with E-state index < -0.39 is 0 Å². The van der Waals surface area contributed by atoms with E-state index in [0.29, 0.717) is 0 Å². The van der Waals surface area contributed by atoms with Crippen molar-refractivity contribution >= 4 is 39.6 Å². The SMILES string of the molecule is O=C(Nc1cncc(-c2ccc3c(c2)C(c2nc4c(N5CCCCC5)cncc4[nH]2)=CCN3)c1)C1CC1. The Kier molecular flexibility index (Phi) is 5.38. The van der Waals surface area contributed by atoms with Gasteiger partial charge in [0.05, 0.1) is 35.5 Å². The molecular weight excluding hydrogens is 462 g/mol. The van der Waals surface area contributed by atoms with Crippen LogP contribution in [0.3, 0.4) is 0 Å². The molecule has 3 N–H and O–H groups in total. The number of aromatic nitrogens is 4. The topological polar surface area (TPSA) is 98.8 Å². The third-order valence-corrected chi connectivity index (χ3v) is 7.52. The van der Waals surface area contributed by atoms with E-state index in [4.69, 9.17) is 4.98 Å². The number of hydrogen-bond donors (Lipinski definition) is 3. The molecule has 3 aromatic heterocycles. The highest BCUT2D eigenvalue weighted by Crippen LogP contribution is 2.37. The number of carbonyl (C=O) groups excluding carboxylic acids is 1. The highest BCUT2D eigenvalue weighted by Gasteiger charge is 2.29. The van der Waals surface area contributed by atoms with E-state index in [2.05, 4.69) is 54.8 Å². The minimum absolute atomic E-state index is 0.0853. The van der Waals surface area contributed by atoms with Gasteiger partial charge in [-0.15, -0.1) is 0 Å². The summed E-state index contributed by atoms with van der Waals surface area (Å²) in [6.45, 7) is 2.84. The van der Waals surface area contributed by atoms with E-state index in [0.717, 1.165) is 88.7 Å². The van der Waals surface area contributed by atoms with E-state index in [9.17, 15) is 4.79 Å². The molecule has 0 bridgehead atoms. The Hall–Kier alpha value is -4.20. The molecule has 1 saturated carbocycles. The molecule has 1 aromatic carbocycles. The first-order chi connectivity index (χ1) is 18.2. The lowest BCUT2D eigenvalue weighted by atomic mass is 9.95. The minimum atomic E-state index is 0.0853. The summed E-state index contributed by atoms with van der Waals surface area (Å²) in [5, 5.41) is 6.49. The van der Waals surface area contributed by atoms with E-state index >= 15 is 0 Å². The first-order valence-corrected chi connectivity index (χ1v) is 13.2. The largest absolute Gasteiger partial charge is 0.381 e. The van der Waals surface area contributed by atoms with Crippen LogP contribution in [0.4, 0.5) is 17.1 Å². The second-order valence-electron chi connectivity index (χ2n) is 10.2. The maximum absolute atomic E-state index is 12.2. The quantitative estimate of drug-likeness (QED) is 0.354. The molecule has 1 amide bonds. The molecular formula is C29H29N7O. The molecule has 8 nitrogen and oxygen atoms in total. The molecule has 5 heterocycles. The number of fused-ring (bicyclic) bond motifs is 2. The number of nitrogens with zero attached hydrogens (tertiary/aromatic N) is 4. The van der Waals surface area contributed by atoms with Gasteiger partial charge in [0.2, 0.25) is 5.91 Å². The Balaban J connectivity index is 1.23. The molecule has 4 aromatic rings. The van der Waals surface area contributed by atoms with Crippen molar-refractivity contribution in [3.05, 3.63) is 66.5 Å². The number of H-pyrrole nitrogens is 1. The average Bonchev–Trinajstić information content (AvgIpc) is 3.71. The molecule has 7 rings (SSSR count). The van der Waals surface area contributed by atoms with Gasteiger partial charge in [0.1, 0.15) is 11.3 Å². The lowest BCUT2D eigenvalue weighted by molar-refractivity contribution is -0.117. The van der Waals surface area contributed by atoms with Gasteiger partial charge in [-0.3, -0.25) is 14.8 Å². The normalized spacial score (nSPS) is 17.2. The molecule has 3 aliphatic rings. The van der Waals surface area contributed by atoms with Gasteiger partial charge in [0.25, 0.3) is 0 Å². The number of amides is 1. The molecule has 0 radical (unpaired) electrons. The third-order valence-electron chi connectivity index (χ3n) is 7.52. The predicted molar refractivity (Wildman–Crippen MR) is 147 cm³/mol. The van der Waals surface area contributed by atoms with E-state index in [1.807, 2.05) is 24.7 Å². The van der Waals surface area contributed by atoms with Crippen LogP contribution in [0.15, 0.2) is 55.1 Å². The summed E-state index contributed by atoms with van der Waals surface area (Å²) < 4.78 is 0. The van der Waals surface area contributed by atoms with E-state index in [-0.39, 0.29) is 11.8 Å². The smallest absolute Gasteiger partial charge is 0.227 e. The number of pyridine rings is 2.